The van der Waals surface area contributed by atoms with Crippen LogP contribution in [0, 0.1) is 28.6 Å². The number of aliphatic hydroxyl groups excluding tert-OH is 4. The second kappa shape index (κ2) is 25.1. The van der Waals surface area contributed by atoms with E-state index in [0.29, 0.717) is 60.1 Å². The normalized spacial score (nSPS) is 18.6. The molecule has 68 heavy (non-hydrogen) atoms. The molecule has 2 aliphatic heterocycles. The van der Waals surface area contributed by atoms with Gasteiger partial charge in [0.05, 0.1) is 48.9 Å². The van der Waals surface area contributed by atoms with Gasteiger partial charge in [-0.05, 0) is 172 Å². The summed E-state index contributed by atoms with van der Waals surface area (Å²) in [6, 6.07) is 15.2. The van der Waals surface area contributed by atoms with Gasteiger partial charge < -0.3 is 40.5 Å². The molecule has 3 aromatic heterocycles. The Morgan fingerprint density at radius 3 is 1.82 bits per heavy atom. The van der Waals surface area contributed by atoms with Crippen LogP contribution in [0.25, 0.3) is 21.8 Å². The lowest BCUT2D eigenvalue weighted by Gasteiger charge is -2.41. The van der Waals surface area contributed by atoms with E-state index in [4.69, 9.17) is 15.2 Å². The lowest BCUT2D eigenvalue weighted by Crippen LogP contribution is -2.42. The van der Waals surface area contributed by atoms with Crippen molar-refractivity contribution >= 4 is 33.1 Å². The molecule has 6 N–H and O–H groups in total. The predicted molar refractivity (Wildman–Crippen MR) is 270 cm³/mol. The predicted octanol–water partition coefficient (Wildman–Crippen LogP) is 9.27. The van der Waals surface area contributed by atoms with Crippen molar-refractivity contribution < 1.29 is 34.3 Å². The van der Waals surface area contributed by atoms with Gasteiger partial charge in [0.1, 0.15) is 18.2 Å². The number of hydrogen-bond donors (Lipinski definition) is 5. The van der Waals surface area contributed by atoms with Crippen LogP contribution in [0.5, 0.6) is 11.5 Å². The Morgan fingerprint density at radius 1 is 0.779 bits per heavy atom. The highest BCUT2D eigenvalue weighted by atomic mass is 32.1. The topological polar surface area (TPSA) is 158 Å². The molecule has 0 bridgehead atoms. The van der Waals surface area contributed by atoms with Crippen LogP contribution in [0.1, 0.15) is 129 Å². The van der Waals surface area contributed by atoms with E-state index in [9.17, 15) is 24.8 Å². The lowest BCUT2D eigenvalue weighted by molar-refractivity contribution is 0.0217. The van der Waals surface area contributed by atoms with E-state index in [1.165, 1.54) is 51.3 Å². The maximum Gasteiger partial charge on any atom is 0.119 e. The third-order valence-electron chi connectivity index (χ3n) is 15.4. The van der Waals surface area contributed by atoms with Gasteiger partial charge in [0.2, 0.25) is 0 Å². The summed E-state index contributed by atoms with van der Waals surface area (Å²) in [5.74, 6) is 8.74. The molecule has 1 saturated carbocycles. The molecule has 8 rings (SSSR count). The summed E-state index contributed by atoms with van der Waals surface area (Å²) in [7, 11) is 3.22. The van der Waals surface area contributed by atoms with Gasteiger partial charge in [0, 0.05) is 48.5 Å². The zero-order valence-electron chi connectivity index (χ0n) is 40.3. The van der Waals surface area contributed by atoms with Crippen LogP contribution < -0.4 is 15.2 Å². The summed E-state index contributed by atoms with van der Waals surface area (Å²) in [6.45, 7) is 5.63. The number of pyridine rings is 2. The van der Waals surface area contributed by atoms with E-state index in [-0.39, 0.29) is 24.0 Å². The number of halogens is 1. The Morgan fingerprint density at radius 2 is 1.32 bits per heavy atom. The summed E-state index contributed by atoms with van der Waals surface area (Å²) < 4.78 is 24.5. The van der Waals surface area contributed by atoms with Crippen molar-refractivity contribution in [3.8, 4) is 23.3 Å². The Labute approximate surface area is 406 Å². The molecule has 0 spiro atoms. The van der Waals surface area contributed by atoms with Crippen LogP contribution >= 0.6 is 11.3 Å². The van der Waals surface area contributed by atoms with E-state index in [0.717, 1.165) is 96.9 Å². The molecule has 13 heteroatoms. The van der Waals surface area contributed by atoms with Gasteiger partial charge in [0.25, 0.3) is 0 Å². The molecule has 5 aromatic rings. The van der Waals surface area contributed by atoms with E-state index in [2.05, 4.69) is 31.6 Å². The molecular formula is C55H74FN5O6S. The van der Waals surface area contributed by atoms with Crippen molar-refractivity contribution in [1.29, 1.82) is 0 Å². The van der Waals surface area contributed by atoms with E-state index >= 15 is 0 Å². The number of ether oxygens (including phenoxy) is 2. The first-order valence-electron chi connectivity index (χ1n) is 24.9. The quantitative estimate of drug-likeness (QED) is 0.0534. The van der Waals surface area contributed by atoms with Crippen LogP contribution in [0.3, 0.4) is 0 Å². The van der Waals surface area contributed by atoms with Crippen LogP contribution in [0.2, 0.25) is 0 Å². The average Bonchev–Trinajstić information content (AvgIpc) is 3.92. The summed E-state index contributed by atoms with van der Waals surface area (Å²) in [5.41, 5.74) is 9.87. The highest BCUT2D eigenvalue weighted by Crippen LogP contribution is 2.42. The third-order valence-corrected chi connectivity index (χ3v) is 16.2. The molecule has 2 atom stereocenters. The zero-order valence-corrected chi connectivity index (χ0v) is 41.1. The highest BCUT2D eigenvalue weighted by molar-refractivity contribution is 7.10. The number of rotatable bonds is 18. The van der Waals surface area contributed by atoms with Gasteiger partial charge in [-0.15, -0.1) is 11.3 Å². The van der Waals surface area contributed by atoms with Crippen LogP contribution in [0.4, 0.5) is 4.39 Å². The Bertz CT molecular complexity index is 2390. The van der Waals surface area contributed by atoms with Crippen LogP contribution in [-0.2, 0) is 13.2 Å². The fraction of sp³-hybridized carbons (Fsp3) is 0.564. The largest absolute Gasteiger partial charge is 0.497 e. The zero-order chi connectivity index (χ0) is 47.9. The van der Waals surface area contributed by atoms with Gasteiger partial charge in [-0.25, -0.2) is 4.39 Å². The second-order valence-electron chi connectivity index (χ2n) is 19.6. The number of alkyl halides is 1. The first kappa shape index (κ1) is 51.6. The number of methoxy groups -OCH3 is 2. The summed E-state index contributed by atoms with van der Waals surface area (Å²) in [4.78, 5) is 14.8. The number of fused-ring (bicyclic) bond motifs is 2. The number of aliphatic hydroxyl groups is 4. The SMILES string of the molecule is COc1ccc2ncc(CF)c(C(O)CCC3(CO)CCN(CC#Cc4cccs4)CC3)c2c1.COc1ccc2ncc(CN)c(C(O)CCC3(CO)CCN(CCC4CCCCC4)CC3)c2c1. The number of nitrogens with two attached hydrogens (primary N) is 1. The minimum absolute atomic E-state index is 0.0787. The molecule has 1 aliphatic carbocycles. The first-order chi connectivity index (χ1) is 33.1. The number of benzene rings is 2. The molecule has 3 fully saturated rings. The molecule has 2 saturated heterocycles. The van der Waals surface area contributed by atoms with Crippen LogP contribution in [0.15, 0.2) is 66.3 Å². The summed E-state index contributed by atoms with van der Waals surface area (Å²) in [6.07, 6.45) is 16.4. The Hall–Kier alpha value is -4.23. The summed E-state index contributed by atoms with van der Waals surface area (Å²) in [5, 5.41) is 46.7. The molecule has 3 aliphatic rings. The van der Waals surface area contributed by atoms with Gasteiger partial charge >= 0.3 is 0 Å². The van der Waals surface area contributed by atoms with E-state index < -0.39 is 18.9 Å². The fourth-order valence-corrected chi connectivity index (χ4v) is 11.4. The van der Waals surface area contributed by atoms with Crippen molar-refractivity contribution in [1.82, 2.24) is 19.8 Å². The average molecular weight is 952 g/mol. The van der Waals surface area contributed by atoms with Gasteiger partial charge in [-0.2, -0.15) is 0 Å². The van der Waals surface area contributed by atoms with Crippen molar-refractivity contribution in [2.24, 2.45) is 22.5 Å². The first-order valence-corrected chi connectivity index (χ1v) is 25.7. The van der Waals surface area contributed by atoms with E-state index in [1.807, 2.05) is 41.8 Å². The standard InChI is InChI=1S/C28H43N3O3.C27H31FN2O3S/c1-34-23-7-8-25-24(17-23)27(22(18-29)19-30-25)26(33)9-11-28(20-32)12-15-31(16-13-28)14-10-21-5-3-2-4-6-21;1-33-21-6-7-24-23(16-21)26(20(17-28)18-29-24)25(32)8-9-27(19-31)10-13-30(14-11-27)12-2-4-22-5-3-15-34-22/h7-8,17,19,21,26,32-33H,2-6,9-16,18,20,29H2,1H3;3,5-7,15-16,18,25,31-32H,8-14,17,19H2,1H3. The number of aromatic nitrogens is 2. The van der Waals surface area contributed by atoms with Crippen LogP contribution in [-0.4, -0.2) is 107 Å². The number of likely N-dealkylation sites (tertiary alicyclic amines) is 2. The molecular weight excluding hydrogens is 878 g/mol. The minimum Gasteiger partial charge on any atom is -0.497 e. The fourth-order valence-electron chi connectivity index (χ4n) is 10.8. The van der Waals surface area contributed by atoms with Crippen molar-refractivity contribution in [2.45, 2.75) is 115 Å². The molecule has 368 valence electrons. The van der Waals surface area contributed by atoms with Gasteiger partial charge in [-0.3, -0.25) is 14.9 Å². The van der Waals surface area contributed by atoms with Gasteiger partial charge in [0.15, 0.2) is 0 Å². The number of thiophene rings is 1. The number of nitrogens with zero attached hydrogens (tertiary/aromatic N) is 4. The molecule has 0 radical (unpaired) electrons. The Kier molecular flexibility index (Phi) is 19.0. The number of piperidine rings is 2. The summed E-state index contributed by atoms with van der Waals surface area (Å²) >= 11 is 1.64. The maximum atomic E-state index is 13.8. The molecule has 2 unspecified atom stereocenters. The number of hydrogen-bond acceptors (Lipinski definition) is 12. The smallest absolute Gasteiger partial charge is 0.119 e. The Balaban J connectivity index is 0.000000201. The van der Waals surface area contributed by atoms with Crippen molar-refractivity contribution in [3.63, 3.8) is 0 Å². The lowest BCUT2D eigenvalue weighted by atomic mass is 9.74. The molecule has 2 aromatic carbocycles. The molecule has 11 nitrogen and oxygen atoms in total. The minimum atomic E-state index is -0.846. The second-order valence-corrected chi connectivity index (χ2v) is 20.6. The van der Waals surface area contributed by atoms with Gasteiger partial charge in [-0.1, -0.05) is 50.0 Å². The maximum absolute atomic E-state index is 13.8. The molecule has 5 heterocycles. The third kappa shape index (κ3) is 13.1. The highest BCUT2D eigenvalue weighted by Gasteiger charge is 2.36. The van der Waals surface area contributed by atoms with Crippen molar-refractivity contribution in [3.05, 3.63) is 93.4 Å². The van der Waals surface area contributed by atoms with E-state index in [1.54, 1.807) is 43.9 Å². The molecule has 0 amide bonds. The monoisotopic (exact) mass is 952 g/mol. The van der Waals surface area contributed by atoms with Crippen molar-refractivity contribution in [2.75, 3.05) is 66.7 Å².